The second-order valence-corrected chi connectivity index (χ2v) is 6.90. The molecule has 0 spiro atoms. The highest BCUT2D eigenvalue weighted by Gasteiger charge is 2.30. The molecule has 0 bridgehead atoms. The molecule has 0 saturated heterocycles. The van der Waals surface area contributed by atoms with E-state index < -0.39 is 12.6 Å². The molecule has 0 radical (unpaired) electrons. The molecule has 0 saturated carbocycles. The van der Waals surface area contributed by atoms with Gasteiger partial charge < -0.3 is 4.42 Å². The van der Waals surface area contributed by atoms with E-state index in [2.05, 4.69) is 20.8 Å². The van der Waals surface area contributed by atoms with E-state index in [0.29, 0.717) is 22.1 Å². The smallest absolute Gasteiger partial charge is 0.276 e. The van der Waals surface area contributed by atoms with Gasteiger partial charge in [-0.1, -0.05) is 63.2 Å². The number of hydrogen-bond acceptors (Lipinski definition) is 1. The largest absolute Gasteiger partial charge is 0.457 e. The maximum absolute atomic E-state index is 14.1. The predicted molar refractivity (Wildman–Crippen MR) is 90.2 cm³/mol. The fourth-order valence-electron chi connectivity index (χ4n) is 2.81. The second-order valence-electron chi connectivity index (χ2n) is 6.90. The number of benzene rings is 2. The summed E-state index contributed by atoms with van der Waals surface area (Å²) >= 11 is 0. The van der Waals surface area contributed by atoms with Crippen molar-refractivity contribution in [3.8, 4) is 11.1 Å². The van der Waals surface area contributed by atoms with Gasteiger partial charge in [-0.25, -0.2) is 13.2 Å². The molecule has 0 N–H and O–H groups in total. The Morgan fingerprint density at radius 3 is 2.08 bits per heavy atom. The highest BCUT2D eigenvalue weighted by Crippen LogP contribution is 2.41. The Morgan fingerprint density at radius 1 is 0.875 bits per heavy atom. The molecule has 3 aromatic rings. The van der Waals surface area contributed by atoms with E-state index in [4.69, 9.17) is 4.42 Å². The Hall–Kier alpha value is -2.23. The third-order valence-electron chi connectivity index (χ3n) is 4.13. The summed E-state index contributed by atoms with van der Waals surface area (Å²) in [5, 5.41) is 0.638. The number of furan rings is 1. The summed E-state index contributed by atoms with van der Waals surface area (Å²) in [6.45, 7) is 6.28. The summed E-state index contributed by atoms with van der Waals surface area (Å²) in [4.78, 5) is 0. The molecule has 24 heavy (non-hydrogen) atoms. The van der Waals surface area contributed by atoms with Crippen LogP contribution in [0.1, 0.15) is 38.3 Å². The van der Waals surface area contributed by atoms with Gasteiger partial charge in [0.05, 0.1) is 0 Å². The first-order valence-corrected chi connectivity index (χ1v) is 7.83. The summed E-state index contributed by atoms with van der Waals surface area (Å²) in [6, 6.07) is 14.5. The minimum Gasteiger partial charge on any atom is -0.457 e. The lowest BCUT2D eigenvalue weighted by atomic mass is 9.86. The van der Waals surface area contributed by atoms with Crippen molar-refractivity contribution < 1.29 is 17.6 Å². The molecule has 2 aromatic carbocycles. The van der Waals surface area contributed by atoms with E-state index in [1.807, 2.05) is 24.3 Å². The Morgan fingerprint density at radius 2 is 1.50 bits per heavy atom. The predicted octanol–water partition coefficient (Wildman–Crippen LogP) is 6.67. The zero-order valence-corrected chi connectivity index (χ0v) is 13.8. The number of hydrogen-bond donors (Lipinski definition) is 0. The first-order chi connectivity index (χ1) is 11.3. The van der Waals surface area contributed by atoms with Crippen LogP contribution in [0.5, 0.6) is 0 Å². The molecule has 0 aliphatic rings. The van der Waals surface area contributed by atoms with E-state index >= 15 is 0 Å². The topological polar surface area (TPSA) is 13.1 Å². The fraction of sp³-hybridized carbons (Fsp3) is 0.300. The zero-order valence-electron chi connectivity index (χ0n) is 13.8. The Labute approximate surface area is 139 Å². The highest BCUT2D eigenvalue weighted by molar-refractivity contribution is 5.96. The normalized spacial score (nSPS) is 13.6. The monoisotopic (exact) mass is 332 g/mol. The van der Waals surface area contributed by atoms with E-state index in [1.165, 1.54) is 0 Å². The molecule has 1 aromatic heterocycles. The molecule has 1 nitrogen and oxygen atoms in total. The van der Waals surface area contributed by atoms with Crippen LogP contribution < -0.4 is 0 Å². The summed E-state index contributed by atoms with van der Waals surface area (Å²) in [5.41, 5.74) is 2.58. The minimum atomic E-state index is -3.13. The van der Waals surface area contributed by atoms with E-state index in [1.54, 1.807) is 24.3 Å². The molecule has 0 amide bonds. The number of fused-ring (bicyclic) bond motifs is 1. The van der Waals surface area contributed by atoms with Crippen molar-refractivity contribution >= 4 is 11.0 Å². The molecule has 0 aliphatic carbocycles. The van der Waals surface area contributed by atoms with Crippen LogP contribution in [0.15, 0.2) is 52.9 Å². The molecule has 0 fully saturated rings. The van der Waals surface area contributed by atoms with Crippen molar-refractivity contribution in [2.45, 2.75) is 38.8 Å². The number of para-hydroxylation sites is 1. The van der Waals surface area contributed by atoms with Gasteiger partial charge in [0.25, 0.3) is 6.43 Å². The summed E-state index contributed by atoms with van der Waals surface area (Å²) < 4.78 is 45.3. The molecule has 1 heterocycles. The van der Waals surface area contributed by atoms with E-state index in [9.17, 15) is 13.2 Å². The third kappa shape index (κ3) is 2.93. The lowest BCUT2D eigenvalue weighted by Crippen LogP contribution is -2.10. The van der Waals surface area contributed by atoms with Crippen molar-refractivity contribution in [2.75, 3.05) is 0 Å². The van der Waals surface area contributed by atoms with Gasteiger partial charge in [-0.3, -0.25) is 0 Å². The van der Waals surface area contributed by atoms with Crippen LogP contribution in [0, 0.1) is 0 Å². The maximum atomic E-state index is 14.1. The van der Waals surface area contributed by atoms with Crippen LogP contribution in [-0.4, -0.2) is 6.43 Å². The van der Waals surface area contributed by atoms with E-state index in [-0.39, 0.29) is 11.2 Å². The number of halogens is 3. The first kappa shape index (κ1) is 16.6. The summed E-state index contributed by atoms with van der Waals surface area (Å²) in [6.07, 6.45) is -5.58. The lowest BCUT2D eigenvalue weighted by Gasteiger charge is -2.19. The van der Waals surface area contributed by atoms with Crippen molar-refractivity contribution in [2.24, 2.45) is 0 Å². The average molecular weight is 332 g/mol. The number of alkyl halides is 3. The molecule has 3 rings (SSSR count). The average Bonchev–Trinajstić information content (AvgIpc) is 2.92. The summed E-state index contributed by atoms with van der Waals surface area (Å²) in [7, 11) is 0. The summed E-state index contributed by atoms with van der Waals surface area (Å²) in [5.74, 6) is -0.310. The molecular formula is C20H19F3O. The zero-order chi connectivity index (χ0) is 17.5. The van der Waals surface area contributed by atoms with Gasteiger partial charge >= 0.3 is 0 Å². The Kier molecular flexibility index (Phi) is 4.16. The minimum absolute atomic E-state index is 0.0224. The quantitative estimate of drug-likeness (QED) is 0.522. The van der Waals surface area contributed by atoms with Crippen molar-refractivity contribution in [1.82, 2.24) is 0 Å². The SMILES string of the molecule is CC(C)(C)c1ccc(-c2c(C(F)C(F)F)oc3ccccc23)cc1. The van der Waals surface area contributed by atoms with Crippen molar-refractivity contribution in [1.29, 1.82) is 0 Å². The van der Waals surface area contributed by atoms with Gasteiger partial charge in [0.15, 0.2) is 5.76 Å². The number of rotatable bonds is 3. The van der Waals surface area contributed by atoms with Gasteiger partial charge in [-0.15, -0.1) is 0 Å². The van der Waals surface area contributed by atoms with Crippen LogP contribution in [0.3, 0.4) is 0 Å². The van der Waals surface area contributed by atoms with Crippen LogP contribution in [0.2, 0.25) is 0 Å². The molecule has 1 unspecified atom stereocenters. The molecular weight excluding hydrogens is 313 g/mol. The van der Waals surface area contributed by atoms with Gasteiger partial charge in [-0.05, 0) is 22.6 Å². The molecule has 4 heteroatoms. The molecule has 126 valence electrons. The Bertz CT molecular complexity index is 841. The third-order valence-corrected chi connectivity index (χ3v) is 4.13. The van der Waals surface area contributed by atoms with Crippen LogP contribution in [-0.2, 0) is 5.41 Å². The molecule has 0 aliphatic heterocycles. The van der Waals surface area contributed by atoms with Crippen molar-refractivity contribution in [3.05, 3.63) is 59.9 Å². The van der Waals surface area contributed by atoms with Crippen molar-refractivity contribution in [3.63, 3.8) is 0 Å². The van der Waals surface area contributed by atoms with Crippen LogP contribution >= 0.6 is 0 Å². The van der Waals surface area contributed by atoms with Gasteiger partial charge in [0.1, 0.15) is 5.58 Å². The Balaban J connectivity index is 2.19. The van der Waals surface area contributed by atoms with Gasteiger partial charge in [0.2, 0.25) is 6.17 Å². The maximum Gasteiger partial charge on any atom is 0.276 e. The molecule has 1 atom stereocenters. The van der Waals surface area contributed by atoms with Gasteiger partial charge in [-0.2, -0.15) is 0 Å². The second kappa shape index (κ2) is 6.00. The highest BCUT2D eigenvalue weighted by atomic mass is 19.3. The standard InChI is InChI=1S/C20H19F3O/c1-20(2,3)13-10-8-12(9-11-13)16-14-6-4-5-7-15(14)24-18(16)17(21)19(22)23/h4-11,17,19H,1-3H3. The van der Waals surface area contributed by atoms with E-state index in [0.717, 1.165) is 5.56 Å². The fourth-order valence-corrected chi connectivity index (χ4v) is 2.81. The first-order valence-electron chi connectivity index (χ1n) is 7.83. The van der Waals surface area contributed by atoms with Crippen LogP contribution in [0.25, 0.3) is 22.1 Å². The van der Waals surface area contributed by atoms with Crippen LogP contribution in [0.4, 0.5) is 13.2 Å². The lowest BCUT2D eigenvalue weighted by molar-refractivity contribution is 0.0389. The van der Waals surface area contributed by atoms with Gasteiger partial charge in [0, 0.05) is 10.9 Å².